The van der Waals surface area contributed by atoms with Crippen molar-refractivity contribution in [2.45, 2.75) is 19.9 Å². The Hall–Kier alpha value is -1.94. The molecular formula is C16H17ClFNO2. The summed E-state index contributed by atoms with van der Waals surface area (Å²) >= 11 is 6.13. The standard InChI is InChI=1S/C16H17ClFNO2/c1-3-21-16-7-5-12(9-14(16)17)19-10(2)13-6-4-11(18)8-15(13)20/h4-10,19-20H,3H2,1-2H3. The molecule has 0 fully saturated rings. The lowest BCUT2D eigenvalue weighted by Crippen LogP contribution is -2.07. The van der Waals surface area contributed by atoms with Crippen molar-refractivity contribution in [2.24, 2.45) is 0 Å². The van der Waals surface area contributed by atoms with Crippen molar-refractivity contribution in [3.8, 4) is 11.5 Å². The monoisotopic (exact) mass is 309 g/mol. The number of nitrogens with one attached hydrogen (secondary N) is 1. The van der Waals surface area contributed by atoms with Crippen LogP contribution in [0.25, 0.3) is 0 Å². The van der Waals surface area contributed by atoms with Crippen molar-refractivity contribution in [3.05, 3.63) is 52.8 Å². The van der Waals surface area contributed by atoms with Crippen molar-refractivity contribution in [1.82, 2.24) is 0 Å². The van der Waals surface area contributed by atoms with Crippen molar-refractivity contribution in [2.75, 3.05) is 11.9 Å². The molecule has 0 heterocycles. The third kappa shape index (κ3) is 3.79. The number of halogens is 2. The molecule has 2 aromatic rings. The molecule has 0 bridgehead atoms. The average molecular weight is 310 g/mol. The molecule has 1 atom stereocenters. The van der Waals surface area contributed by atoms with Crippen molar-refractivity contribution in [3.63, 3.8) is 0 Å². The summed E-state index contributed by atoms with van der Waals surface area (Å²) < 4.78 is 18.4. The molecule has 2 aromatic carbocycles. The molecule has 2 N–H and O–H groups in total. The maximum atomic E-state index is 13.0. The van der Waals surface area contributed by atoms with E-state index in [0.29, 0.717) is 22.9 Å². The molecule has 0 aromatic heterocycles. The van der Waals surface area contributed by atoms with Crippen molar-refractivity contribution < 1.29 is 14.2 Å². The van der Waals surface area contributed by atoms with E-state index in [1.165, 1.54) is 6.07 Å². The highest BCUT2D eigenvalue weighted by Gasteiger charge is 2.12. The van der Waals surface area contributed by atoms with Gasteiger partial charge in [0.25, 0.3) is 0 Å². The molecule has 0 radical (unpaired) electrons. The van der Waals surface area contributed by atoms with Crippen LogP contribution in [0.2, 0.25) is 5.02 Å². The molecular weight excluding hydrogens is 293 g/mol. The Bertz CT molecular complexity index is 634. The number of aromatic hydroxyl groups is 1. The number of phenols is 1. The van der Waals surface area contributed by atoms with Crippen LogP contribution < -0.4 is 10.1 Å². The van der Waals surface area contributed by atoms with Crippen LogP contribution in [0.1, 0.15) is 25.5 Å². The smallest absolute Gasteiger partial charge is 0.138 e. The highest BCUT2D eigenvalue weighted by Crippen LogP contribution is 2.31. The normalized spacial score (nSPS) is 12.0. The maximum Gasteiger partial charge on any atom is 0.138 e. The summed E-state index contributed by atoms with van der Waals surface area (Å²) in [4.78, 5) is 0. The molecule has 0 aliphatic heterocycles. The highest BCUT2D eigenvalue weighted by molar-refractivity contribution is 6.32. The molecule has 0 aliphatic carbocycles. The molecule has 1 unspecified atom stereocenters. The molecule has 0 saturated carbocycles. The molecule has 3 nitrogen and oxygen atoms in total. The molecule has 0 amide bonds. The first-order valence-corrected chi connectivity index (χ1v) is 7.06. The van der Waals surface area contributed by atoms with Gasteiger partial charge in [-0.25, -0.2) is 4.39 Å². The number of rotatable bonds is 5. The number of phenolic OH excluding ortho intramolecular Hbond substituents is 1. The molecule has 2 rings (SSSR count). The fourth-order valence-corrected chi connectivity index (χ4v) is 2.31. The molecule has 21 heavy (non-hydrogen) atoms. The number of hydrogen-bond donors (Lipinski definition) is 2. The molecule has 0 spiro atoms. The fourth-order valence-electron chi connectivity index (χ4n) is 2.07. The van der Waals surface area contributed by atoms with E-state index >= 15 is 0 Å². The Morgan fingerprint density at radius 2 is 2.05 bits per heavy atom. The lowest BCUT2D eigenvalue weighted by atomic mass is 10.1. The van der Waals surface area contributed by atoms with Gasteiger partial charge in [-0.3, -0.25) is 0 Å². The Balaban J connectivity index is 2.15. The van der Waals surface area contributed by atoms with E-state index in [4.69, 9.17) is 16.3 Å². The average Bonchev–Trinajstić information content (AvgIpc) is 2.41. The Morgan fingerprint density at radius 1 is 1.29 bits per heavy atom. The summed E-state index contributed by atoms with van der Waals surface area (Å²) in [7, 11) is 0. The van der Waals surface area contributed by atoms with E-state index in [1.807, 2.05) is 19.9 Å². The molecule has 0 aliphatic rings. The zero-order chi connectivity index (χ0) is 15.4. The first-order chi connectivity index (χ1) is 10.0. The second-order valence-corrected chi connectivity index (χ2v) is 5.05. The van der Waals surface area contributed by atoms with Crippen LogP contribution in [0.5, 0.6) is 11.5 Å². The molecule has 5 heteroatoms. The van der Waals surface area contributed by atoms with E-state index in [2.05, 4.69) is 5.32 Å². The zero-order valence-corrected chi connectivity index (χ0v) is 12.6. The van der Waals surface area contributed by atoms with E-state index in [9.17, 15) is 9.50 Å². The van der Waals surface area contributed by atoms with Gasteiger partial charge in [-0.15, -0.1) is 0 Å². The number of benzene rings is 2. The maximum absolute atomic E-state index is 13.0. The number of hydrogen-bond acceptors (Lipinski definition) is 3. The second kappa shape index (κ2) is 6.68. The zero-order valence-electron chi connectivity index (χ0n) is 11.9. The van der Waals surface area contributed by atoms with Gasteiger partial charge in [0.05, 0.1) is 17.7 Å². The van der Waals surface area contributed by atoms with Gasteiger partial charge in [-0.05, 0) is 38.1 Å². The van der Waals surface area contributed by atoms with Crippen LogP contribution in [0.3, 0.4) is 0 Å². The number of anilines is 1. The van der Waals surface area contributed by atoms with Gasteiger partial charge in [0.15, 0.2) is 0 Å². The van der Waals surface area contributed by atoms with Crippen molar-refractivity contribution in [1.29, 1.82) is 0 Å². The quantitative estimate of drug-likeness (QED) is 0.837. The van der Waals surface area contributed by atoms with Crippen LogP contribution in [0.15, 0.2) is 36.4 Å². The molecule has 0 saturated heterocycles. The Kier molecular flexibility index (Phi) is 4.91. The Labute approximate surface area is 128 Å². The summed E-state index contributed by atoms with van der Waals surface area (Å²) in [5, 5.41) is 13.5. The summed E-state index contributed by atoms with van der Waals surface area (Å²) in [6.45, 7) is 4.31. The number of ether oxygens (including phenoxy) is 1. The lowest BCUT2D eigenvalue weighted by molar-refractivity contribution is 0.340. The fraction of sp³-hybridized carbons (Fsp3) is 0.250. The first kappa shape index (κ1) is 15.4. The van der Waals surface area contributed by atoms with Crippen LogP contribution >= 0.6 is 11.6 Å². The van der Waals surface area contributed by atoms with E-state index in [-0.39, 0.29) is 11.8 Å². The van der Waals surface area contributed by atoms with Gasteiger partial charge < -0.3 is 15.2 Å². The van der Waals surface area contributed by atoms with Crippen molar-refractivity contribution >= 4 is 17.3 Å². The summed E-state index contributed by atoms with van der Waals surface area (Å²) in [6.07, 6.45) is 0. The summed E-state index contributed by atoms with van der Waals surface area (Å²) in [5.41, 5.74) is 1.40. The third-order valence-corrected chi connectivity index (χ3v) is 3.37. The minimum Gasteiger partial charge on any atom is -0.507 e. The van der Waals surface area contributed by atoms with Gasteiger partial charge in [0.1, 0.15) is 17.3 Å². The molecule has 112 valence electrons. The van der Waals surface area contributed by atoms with Crippen LogP contribution in [-0.2, 0) is 0 Å². The van der Waals surface area contributed by atoms with Crippen LogP contribution in [0.4, 0.5) is 10.1 Å². The van der Waals surface area contributed by atoms with Crippen LogP contribution in [0, 0.1) is 5.82 Å². The van der Waals surface area contributed by atoms with Crippen LogP contribution in [-0.4, -0.2) is 11.7 Å². The van der Waals surface area contributed by atoms with Gasteiger partial charge in [-0.1, -0.05) is 17.7 Å². The predicted octanol–water partition coefficient (Wildman–Crippen LogP) is 4.76. The first-order valence-electron chi connectivity index (χ1n) is 6.68. The largest absolute Gasteiger partial charge is 0.507 e. The SMILES string of the molecule is CCOc1ccc(NC(C)c2ccc(F)cc2O)cc1Cl. The topological polar surface area (TPSA) is 41.5 Å². The predicted molar refractivity (Wildman–Crippen MR) is 82.7 cm³/mol. The second-order valence-electron chi connectivity index (χ2n) is 4.65. The lowest BCUT2D eigenvalue weighted by Gasteiger charge is -2.17. The van der Waals surface area contributed by atoms with Gasteiger partial charge in [-0.2, -0.15) is 0 Å². The third-order valence-electron chi connectivity index (χ3n) is 3.07. The van der Waals surface area contributed by atoms with Gasteiger partial charge in [0.2, 0.25) is 0 Å². The highest BCUT2D eigenvalue weighted by atomic mass is 35.5. The Morgan fingerprint density at radius 3 is 2.67 bits per heavy atom. The van der Waals surface area contributed by atoms with Gasteiger partial charge in [0, 0.05) is 17.3 Å². The minimum atomic E-state index is -0.465. The minimum absolute atomic E-state index is 0.0768. The van der Waals surface area contributed by atoms with E-state index < -0.39 is 5.82 Å². The summed E-state index contributed by atoms with van der Waals surface area (Å²) in [6, 6.07) is 9.15. The van der Waals surface area contributed by atoms with Gasteiger partial charge >= 0.3 is 0 Å². The van der Waals surface area contributed by atoms with E-state index in [0.717, 1.165) is 11.8 Å². The van der Waals surface area contributed by atoms with E-state index in [1.54, 1.807) is 18.2 Å². The summed E-state index contributed by atoms with van der Waals surface area (Å²) in [5.74, 6) is 0.0848.